The highest BCUT2D eigenvalue weighted by Crippen LogP contribution is 2.19. The Morgan fingerprint density at radius 1 is 1.21 bits per heavy atom. The first kappa shape index (κ1) is 19.7. The molecule has 3 N–H and O–H groups in total. The van der Waals surface area contributed by atoms with Gasteiger partial charge in [0.05, 0.1) is 25.7 Å². The zero-order valence-corrected chi connectivity index (χ0v) is 16.3. The first-order chi connectivity index (χ1) is 13.6. The van der Waals surface area contributed by atoms with Gasteiger partial charge < -0.3 is 24.7 Å². The SMILES string of the molecule is CCNC(=NCc1ccc(Cn2ccnc2)cc1)NCC(C)(O)c1ccco1. The van der Waals surface area contributed by atoms with Gasteiger partial charge >= 0.3 is 0 Å². The number of imidazole rings is 1. The summed E-state index contributed by atoms with van der Waals surface area (Å²) in [5.41, 5.74) is 1.21. The molecule has 0 bridgehead atoms. The molecule has 0 radical (unpaired) electrons. The smallest absolute Gasteiger partial charge is 0.191 e. The first-order valence-electron chi connectivity index (χ1n) is 9.39. The van der Waals surface area contributed by atoms with E-state index in [1.807, 2.05) is 24.0 Å². The summed E-state index contributed by atoms with van der Waals surface area (Å²) in [5.74, 6) is 1.17. The molecule has 0 aliphatic heterocycles. The fourth-order valence-electron chi connectivity index (χ4n) is 2.78. The van der Waals surface area contributed by atoms with E-state index in [1.165, 1.54) is 5.56 Å². The molecule has 7 heteroatoms. The molecule has 0 fully saturated rings. The third-order valence-corrected chi connectivity index (χ3v) is 4.36. The zero-order chi connectivity index (χ0) is 19.8. The Morgan fingerprint density at radius 3 is 2.64 bits per heavy atom. The Hall–Kier alpha value is -3.06. The molecule has 1 aromatic carbocycles. The lowest BCUT2D eigenvalue weighted by Crippen LogP contribution is -2.44. The molecule has 0 saturated carbocycles. The maximum Gasteiger partial charge on any atom is 0.191 e. The minimum absolute atomic E-state index is 0.288. The van der Waals surface area contributed by atoms with Crippen molar-refractivity contribution in [1.29, 1.82) is 0 Å². The Bertz CT molecular complexity index is 853. The molecule has 3 rings (SSSR count). The van der Waals surface area contributed by atoms with E-state index >= 15 is 0 Å². The summed E-state index contributed by atoms with van der Waals surface area (Å²) in [6, 6.07) is 11.9. The molecule has 2 heterocycles. The predicted molar refractivity (Wildman–Crippen MR) is 109 cm³/mol. The summed E-state index contributed by atoms with van der Waals surface area (Å²) in [6.45, 7) is 6.09. The van der Waals surface area contributed by atoms with Crippen LogP contribution in [0.3, 0.4) is 0 Å². The van der Waals surface area contributed by atoms with Crippen LogP contribution in [0.2, 0.25) is 0 Å². The standard InChI is InChI=1S/C21H27N5O2/c1-3-23-20(25-15-21(2,27)19-5-4-12-28-19)24-13-17-6-8-18(9-7-17)14-26-11-10-22-16-26/h4-12,16,27H,3,13-15H2,1-2H3,(H2,23,24,25). The maximum absolute atomic E-state index is 10.6. The van der Waals surface area contributed by atoms with Gasteiger partial charge in [-0.1, -0.05) is 24.3 Å². The average molecular weight is 381 g/mol. The summed E-state index contributed by atoms with van der Waals surface area (Å²) in [6.07, 6.45) is 7.09. The molecule has 148 valence electrons. The van der Waals surface area contributed by atoms with Crippen LogP contribution >= 0.6 is 0 Å². The number of hydrogen-bond acceptors (Lipinski definition) is 4. The van der Waals surface area contributed by atoms with Crippen molar-refractivity contribution in [1.82, 2.24) is 20.2 Å². The zero-order valence-electron chi connectivity index (χ0n) is 16.3. The van der Waals surface area contributed by atoms with E-state index in [0.717, 1.165) is 18.7 Å². The summed E-state index contributed by atoms with van der Waals surface area (Å²) in [4.78, 5) is 8.67. The molecule has 0 amide bonds. The number of nitrogens with zero attached hydrogens (tertiary/aromatic N) is 3. The third-order valence-electron chi connectivity index (χ3n) is 4.36. The molecule has 0 saturated heterocycles. The fraction of sp³-hybridized carbons (Fsp3) is 0.333. The number of aliphatic hydroxyl groups is 1. The topological polar surface area (TPSA) is 87.6 Å². The molecule has 7 nitrogen and oxygen atoms in total. The monoisotopic (exact) mass is 381 g/mol. The van der Waals surface area contributed by atoms with E-state index in [0.29, 0.717) is 18.3 Å². The largest absolute Gasteiger partial charge is 0.466 e. The van der Waals surface area contributed by atoms with E-state index in [1.54, 1.807) is 31.5 Å². The summed E-state index contributed by atoms with van der Waals surface area (Å²) < 4.78 is 7.35. The van der Waals surface area contributed by atoms with Crippen molar-refractivity contribution in [3.8, 4) is 0 Å². The molecule has 1 atom stereocenters. The van der Waals surface area contributed by atoms with E-state index < -0.39 is 5.60 Å². The van der Waals surface area contributed by atoms with Crippen LogP contribution in [0.1, 0.15) is 30.7 Å². The second-order valence-electron chi connectivity index (χ2n) is 6.85. The number of nitrogens with one attached hydrogen (secondary N) is 2. The predicted octanol–water partition coefficient (Wildman–Crippen LogP) is 2.49. The van der Waals surface area contributed by atoms with E-state index in [9.17, 15) is 5.11 Å². The van der Waals surface area contributed by atoms with Crippen LogP contribution in [0.5, 0.6) is 0 Å². The number of hydrogen-bond donors (Lipinski definition) is 3. The highest BCUT2D eigenvalue weighted by molar-refractivity contribution is 5.79. The number of rotatable bonds is 8. The minimum Gasteiger partial charge on any atom is -0.466 e. The van der Waals surface area contributed by atoms with Crippen molar-refractivity contribution in [2.24, 2.45) is 4.99 Å². The van der Waals surface area contributed by atoms with Gasteiger partial charge in [0.15, 0.2) is 5.96 Å². The van der Waals surface area contributed by atoms with Gasteiger partial charge in [-0.2, -0.15) is 0 Å². The van der Waals surface area contributed by atoms with Crippen molar-refractivity contribution in [3.05, 3.63) is 78.3 Å². The third kappa shape index (κ3) is 5.47. The normalized spacial score (nSPS) is 13.9. The van der Waals surface area contributed by atoms with Crippen LogP contribution in [0, 0.1) is 0 Å². The molecule has 1 unspecified atom stereocenters. The van der Waals surface area contributed by atoms with Gasteiger partial charge in [0, 0.05) is 25.5 Å². The Morgan fingerprint density at radius 2 is 2.00 bits per heavy atom. The van der Waals surface area contributed by atoms with Crippen LogP contribution in [0.15, 0.2) is 70.8 Å². The maximum atomic E-state index is 10.6. The molecule has 2 aromatic heterocycles. The van der Waals surface area contributed by atoms with E-state index in [4.69, 9.17) is 4.42 Å². The molecule has 0 aliphatic rings. The van der Waals surface area contributed by atoms with Crippen molar-refractivity contribution in [2.75, 3.05) is 13.1 Å². The number of aliphatic imine (C=N–C) groups is 1. The second-order valence-corrected chi connectivity index (χ2v) is 6.85. The van der Waals surface area contributed by atoms with Crippen molar-refractivity contribution >= 4 is 5.96 Å². The quantitative estimate of drug-likeness (QED) is 0.412. The van der Waals surface area contributed by atoms with Gasteiger partial charge in [-0.25, -0.2) is 9.98 Å². The summed E-state index contributed by atoms with van der Waals surface area (Å²) >= 11 is 0. The van der Waals surface area contributed by atoms with Gasteiger partial charge in [-0.05, 0) is 37.1 Å². The van der Waals surface area contributed by atoms with Crippen LogP contribution < -0.4 is 10.6 Å². The van der Waals surface area contributed by atoms with Gasteiger partial charge in [0.2, 0.25) is 0 Å². The fourth-order valence-corrected chi connectivity index (χ4v) is 2.78. The van der Waals surface area contributed by atoms with Crippen LogP contribution in [0.4, 0.5) is 0 Å². The van der Waals surface area contributed by atoms with Crippen molar-refractivity contribution in [2.45, 2.75) is 32.5 Å². The molecular weight excluding hydrogens is 354 g/mol. The van der Waals surface area contributed by atoms with Crippen LogP contribution in [-0.4, -0.2) is 33.7 Å². The molecule has 28 heavy (non-hydrogen) atoms. The number of benzene rings is 1. The second kappa shape index (κ2) is 9.23. The summed E-state index contributed by atoms with van der Waals surface area (Å²) in [5, 5.41) is 16.9. The Kier molecular flexibility index (Phi) is 6.49. The Balaban J connectivity index is 1.57. The van der Waals surface area contributed by atoms with Crippen LogP contribution in [0.25, 0.3) is 0 Å². The number of furan rings is 1. The van der Waals surface area contributed by atoms with E-state index in [2.05, 4.69) is 44.9 Å². The van der Waals surface area contributed by atoms with Crippen molar-refractivity contribution < 1.29 is 9.52 Å². The molecule has 0 spiro atoms. The highest BCUT2D eigenvalue weighted by Gasteiger charge is 2.26. The average Bonchev–Trinajstić information content (AvgIpc) is 3.39. The van der Waals surface area contributed by atoms with Gasteiger partial charge in [0.25, 0.3) is 0 Å². The molecule has 0 aliphatic carbocycles. The van der Waals surface area contributed by atoms with Gasteiger partial charge in [-0.15, -0.1) is 0 Å². The summed E-state index contributed by atoms with van der Waals surface area (Å²) in [7, 11) is 0. The van der Waals surface area contributed by atoms with E-state index in [-0.39, 0.29) is 6.54 Å². The number of guanidine groups is 1. The lowest BCUT2D eigenvalue weighted by atomic mass is 10.0. The highest BCUT2D eigenvalue weighted by atomic mass is 16.4. The lowest BCUT2D eigenvalue weighted by Gasteiger charge is -2.22. The van der Waals surface area contributed by atoms with Gasteiger partial charge in [0.1, 0.15) is 11.4 Å². The Labute approximate surface area is 165 Å². The first-order valence-corrected chi connectivity index (χ1v) is 9.39. The molecular formula is C21H27N5O2. The number of aromatic nitrogens is 2. The van der Waals surface area contributed by atoms with Crippen LogP contribution in [-0.2, 0) is 18.7 Å². The molecule has 3 aromatic rings. The minimum atomic E-state index is -1.12. The lowest BCUT2D eigenvalue weighted by molar-refractivity contribution is 0.0386. The van der Waals surface area contributed by atoms with Crippen molar-refractivity contribution in [3.63, 3.8) is 0 Å². The van der Waals surface area contributed by atoms with Gasteiger partial charge in [-0.3, -0.25) is 0 Å².